The second-order valence-corrected chi connectivity index (χ2v) is 4.50. The lowest BCUT2D eigenvalue weighted by Crippen LogP contribution is -2.09. The molecule has 2 N–H and O–H groups in total. The quantitative estimate of drug-likeness (QED) is 0.883. The van der Waals surface area contributed by atoms with E-state index in [2.05, 4.69) is 20.5 Å². The molecule has 0 fully saturated rings. The molecule has 0 aliphatic rings. The molecule has 2 aromatic rings. The number of pyridine rings is 1. The van der Waals surface area contributed by atoms with E-state index in [1.54, 1.807) is 13.0 Å². The standard InChI is InChI=1S/C13H15F3N4O/c1-3-4-17-10-6-9(13(14,15)16)7-11(18-10)21-12-5-8(2)19-20-12/h5-7H,3-4H2,1-2H3,(H,17,18)(H,19,20). The molecule has 0 saturated heterocycles. The van der Waals surface area contributed by atoms with Crippen molar-refractivity contribution in [3.05, 3.63) is 29.5 Å². The van der Waals surface area contributed by atoms with Crippen LogP contribution in [0.15, 0.2) is 18.2 Å². The normalized spacial score (nSPS) is 11.5. The first-order chi connectivity index (χ1) is 9.88. The fraction of sp³-hybridized carbons (Fsp3) is 0.385. The lowest BCUT2D eigenvalue weighted by molar-refractivity contribution is -0.137. The van der Waals surface area contributed by atoms with Crippen LogP contribution in [-0.4, -0.2) is 21.7 Å². The van der Waals surface area contributed by atoms with Gasteiger partial charge in [0.05, 0.1) is 5.56 Å². The van der Waals surface area contributed by atoms with Gasteiger partial charge in [0.25, 0.3) is 0 Å². The van der Waals surface area contributed by atoms with Crippen LogP contribution < -0.4 is 10.1 Å². The van der Waals surface area contributed by atoms with Crippen LogP contribution in [0.5, 0.6) is 11.8 Å². The molecule has 0 unspecified atom stereocenters. The van der Waals surface area contributed by atoms with Gasteiger partial charge in [-0.15, -0.1) is 5.10 Å². The molecule has 0 aromatic carbocycles. The summed E-state index contributed by atoms with van der Waals surface area (Å²) < 4.78 is 43.9. The number of nitrogens with one attached hydrogen (secondary N) is 2. The minimum absolute atomic E-state index is 0.119. The largest absolute Gasteiger partial charge is 0.419 e. The molecule has 5 nitrogen and oxygen atoms in total. The zero-order chi connectivity index (χ0) is 15.5. The topological polar surface area (TPSA) is 62.8 Å². The fourth-order valence-corrected chi connectivity index (χ4v) is 1.62. The van der Waals surface area contributed by atoms with Crippen LogP contribution in [0.4, 0.5) is 19.0 Å². The number of aromatic amines is 1. The summed E-state index contributed by atoms with van der Waals surface area (Å²) in [6.07, 6.45) is -3.70. The van der Waals surface area contributed by atoms with Crippen LogP contribution in [0, 0.1) is 6.92 Å². The Morgan fingerprint density at radius 3 is 2.57 bits per heavy atom. The number of halogens is 3. The molecule has 114 valence electrons. The lowest BCUT2D eigenvalue weighted by atomic mass is 10.2. The average molecular weight is 300 g/mol. The molecular formula is C13H15F3N4O. The molecule has 0 amide bonds. The third-order valence-electron chi connectivity index (χ3n) is 2.58. The molecule has 0 radical (unpaired) electrons. The summed E-state index contributed by atoms with van der Waals surface area (Å²) in [7, 11) is 0. The monoisotopic (exact) mass is 300 g/mol. The van der Waals surface area contributed by atoms with Gasteiger partial charge in [-0.25, -0.2) is 0 Å². The number of hydrogen-bond donors (Lipinski definition) is 2. The number of nitrogens with zero attached hydrogens (tertiary/aromatic N) is 2. The Morgan fingerprint density at radius 2 is 2.00 bits per heavy atom. The van der Waals surface area contributed by atoms with Gasteiger partial charge in [0.2, 0.25) is 11.8 Å². The highest BCUT2D eigenvalue weighted by atomic mass is 19.4. The highest BCUT2D eigenvalue weighted by molar-refractivity contribution is 5.43. The number of anilines is 1. The van der Waals surface area contributed by atoms with Crippen molar-refractivity contribution in [2.24, 2.45) is 0 Å². The van der Waals surface area contributed by atoms with E-state index in [9.17, 15) is 13.2 Å². The van der Waals surface area contributed by atoms with Gasteiger partial charge in [-0.1, -0.05) is 6.92 Å². The van der Waals surface area contributed by atoms with Gasteiger partial charge in [-0.3, -0.25) is 5.10 Å². The van der Waals surface area contributed by atoms with Crippen LogP contribution in [0.3, 0.4) is 0 Å². The Balaban J connectivity index is 2.30. The van der Waals surface area contributed by atoms with Crippen molar-refractivity contribution in [1.29, 1.82) is 0 Å². The maximum Gasteiger partial charge on any atom is 0.416 e. The van der Waals surface area contributed by atoms with Gasteiger partial charge in [0, 0.05) is 24.4 Å². The number of H-pyrrole nitrogens is 1. The van der Waals surface area contributed by atoms with E-state index >= 15 is 0 Å². The summed E-state index contributed by atoms with van der Waals surface area (Å²) in [6.45, 7) is 4.19. The Kier molecular flexibility index (Phi) is 4.35. The number of aryl methyl sites for hydroxylation is 1. The Labute approximate surface area is 119 Å². The van der Waals surface area contributed by atoms with Crippen LogP contribution in [0.1, 0.15) is 24.6 Å². The molecule has 2 rings (SSSR count). The lowest BCUT2D eigenvalue weighted by Gasteiger charge is -2.12. The van der Waals surface area contributed by atoms with Crippen LogP contribution in [-0.2, 0) is 6.18 Å². The van der Waals surface area contributed by atoms with Gasteiger partial charge < -0.3 is 10.1 Å². The molecule has 0 saturated carbocycles. The Hall–Kier alpha value is -2.25. The van der Waals surface area contributed by atoms with Gasteiger partial charge in [-0.2, -0.15) is 18.2 Å². The molecule has 0 spiro atoms. The first kappa shape index (κ1) is 15.1. The minimum atomic E-state index is -4.47. The highest BCUT2D eigenvalue weighted by Crippen LogP contribution is 2.33. The summed E-state index contributed by atoms with van der Waals surface area (Å²) >= 11 is 0. The average Bonchev–Trinajstić information content (AvgIpc) is 2.80. The van der Waals surface area contributed by atoms with E-state index < -0.39 is 11.7 Å². The van der Waals surface area contributed by atoms with Crippen molar-refractivity contribution in [2.75, 3.05) is 11.9 Å². The molecule has 2 heterocycles. The third-order valence-corrected chi connectivity index (χ3v) is 2.58. The first-order valence-corrected chi connectivity index (χ1v) is 6.41. The van der Waals surface area contributed by atoms with Crippen LogP contribution >= 0.6 is 0 Å². The van der Waals surface area contributed by atoms with Crippen molar-refractivity contribution in [3.8, 4) is 11.8 Å². The summed E-state index contributed by atoms with van der Waals surface area (Å²) in [6, 6.07) is 3.38. The van der Waals surface area contributed by atoms with Crippen molar-refractivity contribution >= 4 is 5.82 Å². The maximum atomic E-state index is 12.9. The van der Waals surface area contributed by atoms with Gasteiger partial charge in [-0.05, 0) is 19.4 Å². The van der Waals surface area contributed by atoms with E-state index in [0.717, 1.165) is 24.2 Å². The molecule has 0 aliphatic carbocycles. The maximum absolute atomic E-state index is 12.9. The van der Waals surface area contributed by atoms with Crippen LogP contribution in [0.25, 0.3) is 0 Å². The minimum Gasteiger partial charge on any atom is -0.419 e. The van der Waals surface area contributed by atoms with Gasteiger partial charge in [0.15, 0.2) is 0 Å². The van der Waals surface area contributed by atoms with E-state index in [1.807, 2.05) is 6.92 Å². The van der Waals surface area contributed by atoms with Gasteiger partial charge >= 0.3 is 6.18 Å². The van der Waals surface area contributed by atoms with E-state index in [1.165, 1.54) is 0 Å². The van der Waals surface area contributed by atoms with Crippen LogP contribution in [0.2, 0.25) is 0 Å². The molecule has 21 heavy (non-hydrogen) atoms. The van der Waals surface area contributed by atoms with Crippen molar-refractivity contribution in [2.45, 2.75) is 26.4 Å². The predicted octanol–water partition coefficient (Wildman–Crippen LogP) is 3.75. The zero-order valence-electron chi connectivity index (χ0n) is 11.6. The molecule has 2 aromatic heterocycles. The number of rotatable bonds is 5. The number of hydrogen-bond acceptors (Lipinski definition) is 4. The number of ether oxygens (including phenoxy) is 1. The number of alkyl halides is 3. The van der Waals surface area contributed by atoms with Crippen molar-refractivity contribution in [1.82, 2.24) is 15.2 Å². The summed E-state index contributed by atoms with van der Waals surface area (Å²) in [5.74, 6) is 0.129. The smallest absolute Gasteiger partial charge is 0.416 e. The third kappa shape index (κ3) is 4.11. The summed E-state index contributed by atoms with van der Waals surface area (Å²) in [5.41, 5.74) is -0.0836. The molecule has 0 atom stereocenters. The second-order valence-electron chi connectivity index (χ2n) is 4.50. The number of aromatic nitrogens is 3. The highest BCUT2D eigenvalue weighted by Gasteiger charge is 2.32. The Bertz CT molecular complexity index is 610. The molecule has 0 aliphatic heterocycles. The molecule has 8 heteroatoms. The van der Waals surface area contributed by atoms with Crippen molar-refractivity contribution < 1.29 is 17.9 Å². The second kappa shape index (κ2) is 6.02. The SMILES string of the molecule is CCCNc1cc(C(F)(F)F)cc(Oc2cc(C)[nH]n2)n1. The van der Waals surface area contributed by atoms with E-state index in [0.29, 0.717) is 6.54 Å². The molecule has 0 bridgehead atoms. The van der Waals surface area contributed by atoms with E-state index in [4.69, 9.17) is 4.74 Å². The van der Waals surface area contributed by atoms with E-state index in [-0.39, 0.29) is 17.6 Å². The zero-order valence-corrected chi connectivity index (χ0v) is 11.6. The fourth-order valence-electron chi connectivity index (χ4n) is 1.62. The predicted molar refractivity (Wildman–Crippen MR) is 71.4 cm³/mol. The van der Waals surface area contributed by atoms with Crippen molar-refractivity contribution in [3.63, 3.8) is 0 Å². The van der Waals surface area contributed by atoms with Gasteiger partial charge in [0.1, 0.15) is 5.82 Å². The Morgan fingerprint density at radius 1 is 1.24 bits per heavy atom. The first-order valence-electron chi connectivity index (χ1n) is 6.41. The summed E-state index contributed by atoms with van der Waals surface area (Å²) in [5, 5.41) is 9.27. The summed E-state index contributed by atoms with van der Waals surface area (Å²) in [4.78, 5) is 4.00. The molecular weight excluding hydrogens is 285 g/mol.